The molecule has 0 heterocycles. The first kappa shape index (κ1) is 15.0. The van der Waals surface area contributed by atoms with Crippen molar-refractivity contribution in [3.63, 3.8) is 0 Å². The van der Waals surface area contributed by atoms with Gasteiger partial charge in [-0.25, -0.2) is 0 Å². The molecule has 0 radical (unpaired) electrons. The molecule has 0 aromatic carbocycles. The second-order valence-electron chi connectivity index (χ2n) is 5.33. The molecule has 15 heavy (non-hydrogen) atoms. The molecule has 0 rings (SSSR count). The van der Waals surface area contributed by atoms with Gasteiger partial charge < -0.3 is 5.11 Å². The highest BCUT2D eigenvalue weighted by molar-refractivity contribution is 4.81. The average Bonchev–Trinajstić information content (AvgIpc) is 2.24. The van der Waals surface area contributed by atoms with Gasteiger partial charge in [0.05, 0.1) is 6.10 Å². The first-order valence-corrected chi connectivity index (χ1v) is 6.68. The first-order chi connectivity index (χ1) is 7.00. The Balaban J connectivity index is 4.39. The summed E-state index contributed by atoms with van der Waals surface area (Å²) < 4.78 is 0. The summed E-state index contributed by atoms with van der Waals surface area (Å²) in [5, 5.41) is 9.84. The van der Waals surface area contributed by atoms with Crippen molar-refractivity contribution >= 4 is 0 Å². The predicted molar refractivity (Wildman–Crippen MR) is 68.0 cm³/mol. The molecule has 1 N–H and O–H groups in total. The Bertz CT molecular complexity index is 155. The molecule has 0 amide bonds. The summed E-state index contributed by atoms with van der Waals surface area (Å²) in [5.41, 5.74) is 0.334. The minimum Gasteiger partial charge on any atom is -0.393 e. The van der Waals surface area contributed by atoms with Gasteiger partial charge in [-0.15, -0.1) is 0 Å². The Morgan fingerprint density at radius 2 is 1.73 bits per heavy atom. The van der Waals surface area contributed by atoms with Crippen LogP contribution in [0.25, 0.3) is 0 Å². The lowest BCUT2D eigenvalue weighted by atomic mass is 9.69. The third-order valence-corrected chi connectivity index (χ3v) is 4.08. The number of unbranched alkanes of at least 4 members (excludes halogenated alkanes) is 1. The zero-order valence-corrected chi connectivity index (χ0v) is 11.3. The minimum atomic E-state index is -0.110. The van der Waals surface area contributed by atoms with Crippen LogP contribution in [0.4, 0.5) is 0 Å². The highest BCUT2D eigenvalue weighted by Gasteiger charge is 2.31. The summed E-state index contributed by atoms with van der Waals surface area (Å²) in [6.45, 7) is 11.3. The third kappa shape index (κ3) is 5.01. The van der Waals surface area contributed by atoms with Crippen molar-refractivity contribution in [3.8, 4) is 0 Å². The summed E-state index contributed by atoms with van der Waals surface area (Å²) in [6.07, 6.45) is 6.77. The monoisotopic (exact) mass is 214 g/mol. The fourth-order valence-electron chi connectivity index (χ4n) is 2.31. The van der Waals surface area contributed by atoms with Crippen LogP contribution in [0.15, 0.2) is 0 Å². The van der Waals surface area contributed by atoms with Crippen molar-refractivity contribution in [1.82, 2.24) is 0 Å². The van der Waals surface area contributed by atoms with E-state index in [-0.39, 0.29) is 6.10 Å². The lowest BCUT2D eigenvalue weighted by molar-refractivity contribution is 0.0600. The van der Waals surface area contributed by atoms with Crippen LogP contribution in [0.5, 0.6) is 0 Å². The SMILES string of the molecule is CCCCC(C)(CC(O)CC)C(C)CC. The molecule has 3 atom stereocenters. The summed E-state index contributed by atoms with van der Waals surface area (Å²) in [5.74, 6) is 0.713. The summed E-state index contributed by atoms with van der Waals surface area (Å²) in [6, 6.07) is 0. The van der Waals surface area contributed by atoms with E-state index in [0.29, 0.717) is 11.3 Å². The molecule has 0 spiro atoms. The molecule has 0 aromatic heterocycles. The van der Waals surface area contributed by atoms with Gasteiger partial charge >= 0.3 is 0 Å². The van der Waals surface area contributed by atoms with Gasteiger partial charge in [0.2, 0.25) is 0 Å². The quantitative estimate of drug-likeness (QED) is 0.635. The highest BCUT2D eigenvalue weighted by Crippen LogP contribution is 2.39. The largest absolute Gasteiger partial charge is 0.393 e. The Morgan fingerprint density at radius 3 is 2.13 bits per heavy atom. The maximum Gasteiger partial charge on any atom is 0.0543 e. The van der Waals surface area contributed by atoms with Gasteiger partial charge in [0.25, 0.3) is 0 Å². The van der Waals surface area contributed by atoms with E-state index in [1.165, 1.54) is 25.7 Å². The molecule has 0 fully saturated rings. The van der Waals surface area contributed by atoms with E-state index >= 15 is 0 Å². The molecule has 0 aliphatic heterocycles. The minimum absolute atomic E-state index is 0.110. The zero-order chi connectivity index (χ0) is 11.9. The standard InChI is InChI=1S/C14H30O/c1-6-9-10-14(5,12(4)7-2)11-13(15)8-3/h12-13,15H,6-11H2,1-5H3. The van der Waals surface area contributed by atoms with E-state index in [4.69, 9.17) is 0 Å². The van der Waals surface area contributed by atoms with E-state index in [0.717, 1.165) is 12.8 Å². The predicted octanol–water partition coefficient (Wildman–Crippen LogP) is 4.39. The normalized spacial score (nSPS) is 19.6. The molecule has 3 unspecified atom stereocenters. The van der Waals surface area contributed by atoms with Crippen molar-refractivity contribution in [2.24, 2.45) is 11.3 Å². The summed E-state index contributed by atoms with van der Waals surface area (Å²) in [7, 11) is 0. The van der Waals surface area contributed by atoms with Gasteiger partial charge in [0, 0.05) is 0 Å². The van der Waals surface area contributed by atoms with Crippen molar-refractivity contribution in [2.45, 2.75) is 79.2 Å². The average molecular weight is 214 g/mol. The molecular weight excluding hydrogens is 184 g/mol. The van der Waals surface area contributed by atoms with Crippen molar-refractivity contribution < 1.29 is 5.11 Å². The van der Waals surface area contributed by atoms with Gasteiger partial charge in [-0.3, -0.25) is 0 Å². The fourth-order valence-corrected chi connectivity index (χ4v) is 2.31. The number of hydrogen-bond acceptors (Lipinski definition) is 1. The van der Waals surface area contributed by atoms with Crippen LogP contribution in [0.2, 0.25) is 0 Å². The van der Waals surface area contributed by atoms with Gasteiger partial charge in [-0.2, -0.15) is 0 Å². The van der Waals surface area contributed by atoms with Crippen LogP contribution in [0.1, 0.15) is 73.1 Å². The van der Waals surface area contributed by atoms with Crippen LogP contribution in [-0.4, -0.2) is 11.2 Å². The number of hydrogen-bond donors (Lipinski definition) is 1. The third-order valence-electron chi connectivity index (χ3n) is 4.08. The molecular formula is C14H30O. The molecule has 0 saturated heterocycles. The lowest BCUT2D eigenvalue weighted by Crippen LogP contribution is -2.30. The van der Waals surface area contributed by atoms with Crippen molar-refractivity contribution in [3.05, 3.63) is 0 Å². The number of aliphatic hydroxyl groups is 1. The van der Waals surface area contributed by atoms with Crippen LogP contribution >= 0.6 is 0 Å². The lowest BCUT2D eigenvalue weighted by Gasteiger charge is -2.37. The van der Waals surface area contributed by atoms with E-state index in [9.17, 15) is 5.11 Å². The Hall–Kier alpha value is -0.0400. The van der Waals surface area contributed by atoms with Crippen molar-refractivity contribution in [1.29, 1.82) is 0 Å². The molecule has 0 aliphatic rings. The highest BCUT2D eigenvalue weighted by atomic mass is 16.3. The summed E-state index contributed by atoms with van der Waals surface area (Å²) >= 11 is 0. The van der Waals surface area contributed by atoms with Gasteiger partial charge in [-0.1, -0.05) is 53.9 Å². The van der Waals surface area contributed by atoms with Crippen LogP contribution in [0.3, 0.4) is 0 Å². The van der Waals surface area contributed by atoms with Gasteiger partial charge in [-0.05, 0) is 30.6 Å². The Morgan fingerprint density at radius 1 is 1.13 bits per heavy atom. The smallest absolute Gasteiger partial charge is 0.0543 e. The number of rotatable bonds is 8. The van der Waals surface area contributed by atoms with Gasteiger partial charge in [0.1, 0.15) is 0 Å². The molecule has 1 heteroatoms. The Kier molecular flexibility index (Phi) is 7.25. The van der Waals surface area contributed by atoms with Crippen LogP contribution in [0, 0.1) is 11.3 Å². The first-order valence-electron chi connectivity index (χ1n) is 6.68. The molecule has 0 aromatic rings. The van der Waals surface area contributed by atoms with E-state index < -0.39 is 0 Å². The summed E-state index contributed by atoms with van der Waals surface area (Å²) in [4.78, 5) is 0. The fraction of sp³-hybridized carbons (Fsp3) is 1.00. The second kappa shape index (κ2) is 7.27. The molecule has 1 nitrogen and oxygen atoms in total. The van der Waals surface area contributed by atoms with Crippen LogP contribution in [-0.2, 0) is 0 Å². The van der Waals surface area contributed by atoms with Crippen LogP contribution < -0.4 is 0 Å². The maximum absolute atomic E-state index is 9.84. The van der Waals surface area contributed by atoms with E-state index in [1.54, 1.807) is 0 Å². The number of aliphatic hydroxyl groups excluding tert-OH is 1. The molecule has 0 bridgehead atoms. The zero-order valence-electron chi connectivity index (χ0n) is 11.3. The molecule has 0 aliphatic carbocycles. The maximum atomic E-state index is 9.84. The molecule has 92 valence electrons. The van der Waals surface area contributed by atoms with Crippen molar-refractivity contribution in [2.75, 3.05) is 0 Å². The van der Waals surface area contributed by atoms with Gasteiger partial charge in [0.15, 0.2) is 0 Å². The van der Waals surface area contributed by atoms with E-state index in [2.05, 4.69) is 34.6 Å². The Labute approximate surface area is 96.3 Å². The van der Waals surface area contributed by atoms with E-state index in [1.807, 2.05) is 0 Å². The second-order valence-corrected chi connectivity index (χ2v) is 5.33. The molecule has 0 saturated carbocycles. The topological polar surface area (TPSA) is 20.2 Å².